The maximum absolute atomic E-state index is 13.0. The zero-order valence-corrected chi connectivity index (χ0v) is 10.8. The van der Waals surface area contributed by atoms with Crippen LogP contribution in [0.1, 0.15) is 30.0 Å². The molecular formula is C14H15FN4O. The molecule has 2 amide bonds. The van der Waals surface area contributed by atoms with Crippen LogP contribution >= 0.6 is 0 Å². The molecule has 1 aliphatic carbocycles. The number of benzene rings is 1. The number of hydrogen-bond acceptors (Lipinski definition) is 2. The minimum Gasteiger partial charge on any atom is -0.334 e. The van der Waals surface area contributed by atoms with E-state index in [0.29, 0.717) is 17.3 Å². The molecule has 3 rings (SSSR count). The van der Waals surface area contributed by atoms with Gasteiger partial charge in [-0.05, 0) is 30.5 Å². The summed E-state index contributed by atoms with van der Waals surface area (Å²) < 4.78 is 13.0. The van der Waals surface area contributed by atoms with Crippen molar-refractivity contribution in [2.24, 2.45) is 0 Å². The van der Waals surface area contributed by atoms with Gasteiger partial charge < -0.3 is 5.32 Å². The summed E-state index contributed by atoms with van der Waals surface area (Å²) in [6.07, 6.45) is 2.33. The number of amides is 2. The van der Waals surface area contributed by atoms with Crippen molar-refractivity contribution in [3.8, 4) is 0 Å². The van der Waals surface area contributed by atoms with Gasteiger partial charge in [0.15, 0.2) is 0 Å². The molecule has 2 aromatic rings. The average Bonchev–Trinajstić information content (AvgIpc) is 3.18. The van der Waals surface area contributed by atoms with Gasteiger partial charge in [-0.25, -0.2) is 9.18 Å². The van der Waals surface area contributed by atoms with E-state index in [1.54, 1.807) is 12.1 Å². The number of anilines is 1. The number of H-pyrrole nitrogens is 1. The SMILES string of the molecule is O=C(NCc1cccc(F)c1)Nc1cc(C2CC2)n[nH]1. The van der Waals surface area contributed by atoms with E-state index in [-0.39, 0.29) is 18.4 Å². The first-order valence-corrected chi connectivity index (χ1v) is 6.55. The second-order valence-electron chi connectivity index (χ2n) is 4.92. The summed E-state index contributed by atoms with van der Waals surface area (Å²) in [5, 5.41) is 12.3. The summed E-state index contributed by atoms with van der Waals surface area (Å²) in [4.78, 5) is 11.7. The highest BCUT2D eigenvalue weighted by Crippen LogP contribution is 2.39. The summed E-state index contributed by atoms with van der Waals surface area (Å²) >= 11 is 0. The molecule has 3 N–H and O–H groups in total. The van der Waals surface area contributed by atoms with Crippen LogP contribution < -0.4 is 10.6 Å². The second-order valence-corrected chi connectivity index (χ2v) is 4.92. The molecule has 0 bridgehead atoms. The summed E-state index contributed by atoms with van der Waals surface area (Å²) in [5.41, 5.74) is 1.70. The van der Waals surface area contributed by atoms with Gasteiger partial charge in [-0.15, -0.1) is 0 Å². The maximum atomic E-state index is 13.0. The first-order valence-electron chi connectivity index (χ1n) is 6.55. The first-order chi connectivity index (χ1) is 9.70. The van der Waals surface area contributed by atoms with Crippen molar-refractivity contribution in [1.29, 1.82) is 0 Å². The number of nitrogens with zero attached hydrogens (tertiary/aromatic N) is 1. The Kier molecular flexibility index (Phi) is 3.37. The second kappa shape index (κ2) is 5.32. The van der Waals surface area contributed by atoms with E-state index in [2.05, 4.69) is 20.8 Å². The molecule has 1 aromatic carbocycles. The molecule has 1 fully saturated rings. The molecule has 1 aromatic heterocycles. The van der Waals surface area contributed by atoms with E-state index < -0.39 is 0 Å². The molecule has 0 saturated heterocycles. The van der Waals surface area contributed by atoms with E-state index >= 15 is 0 Å². The van der Waals surface area contributed by atoms with Crippen LogP contribution in [-0.4, -0.2) is 16.2 Å². The van der Waals surface area contributed by atoms with E-state index in [1.807, 2.05) is 6.07 Å². The van der Waals surface area contributed by atoms with Gasteiger partial charge in [-0.3, -0.25) is 10.4 Å². The smallest absolute Gasteiger partial charge is 0.320 e. The Morgan fingerprint density at radius 2 is 2.25 bits per heavy atom. The van der Waals surface area contributed by atoms with Crippen molar-refractivity contribution in [3.05, 3.63) is 47.4 Å². The number of halogens is 1. The van der Waals surface area contributed by atoms with Crippen LogP contribution in [0, 0.1) is 5.82 Å². The quantitative estimate of drug-likeness (QED) is 0.802. The molecule has 0 unspecified atom stereocenters. The van der Waals surface area contributed by atoms with Crippen LogP contribution in [0.3, 0.4) is 0 Å². The Bertz CT molecular complexity index is 621. The van der Waals surface area contributed by atoms with Gasteiger partial charge in [0, 0.05) is 18.5 Å². The summed E-state index contributed by atoms with van der Waals surface area (Å²) in [7, 11) is 0. The highest BCUT2D eigenvalue weighted by molar-refractivity contribution is 5.88. The molecule has 6 heteroatoms. The van der Waals surface area contributed by atoms with Gasteiger partial charge >= 0.3 is 6.03 Å². The molecule has 1 aliphatic rings. The molecule has 0 spiro atoms. The molecule has 0 aliphatic heterocycles. The fraction of sp³-hybridized carbons (Fsp3) is 0.286. The average molecular weight is 274 g/mol. The Morgan fingerprint density at radius 3 is 3.00 bits per heavy atom. The van der Waals surface area contributed by atoms with Gasteiger partial charge in [0.05, 0.1) is 5.69 Å². The third-order valence-corrected chi connectivity index (χ3v) is 3.18. The standard InChI is InChI=1S/C14H15FN4O/c15-11-3-1-2-9(6-11)8-16-14(20)17-13-7-12(18-19-13)10-4-5-10/h1-3,6-7,10H,4-5,8H2,(H3,16,17,18,19,20). The molecular weight excluding hydrogens is 259 g/mol. The van der Waals surface area contributed by atoms with Crippen LogP contribution in [0.5, 0.6) is 0 Å². The van der Waals surface area contributed by atoms with Crippen molar-refractivity contribution < 1.29 is 9.18 Å². The first kappa shape index (κ1) is 12.7. The lowest BCUT2D eigenvalue weighted by Crippen LogP contribution is -2.28. The largest absolute Gasteiger partial charge is 0.334 e. The summed E-state index contributed by atoms with van der Waals surface area (Å²) in [6, 6.07) is 7.63. The number of aromatic amines is 1. The van der Waals surface area contributed by atoms with E-state index in [0.717, 1.165) is 18.5 Å². The highest BCUT2D eigenvalue weighted by Gasteiger charge is 2.26. The van der Waals surface area contributed by atoms with Gasteiger partial charge in [-0.2, -0.15) is 5.10 Å². The lowest BCUT2D eigenvalue weighted by atomic mass is 10.2. The zero-order valence-electron chi connectivity index (χ0n) is 10.8. The van der Waals surface area contributed by atoms with Crippen LogP contribution in [0.25, 0.3) is 0 Å². The van der Waals surface area contributed by atoms with Crippen molar-refractivity contribution in [2.45, 2.75) is 25.3 Å². The minimum atomic E-state index is -0.347. The van der Waals surface area contributed by atoms with Gasteiger partial charge in [0.1, 0.15) is 11.6 Å². The number of urea groups is 1. The number of hydrogen-bond donors (Lipinski definition) is 3. The Labute approximate surface area is 115 Å². The van der Waals surface area contributed by atoms with E-state index in [1.165, 1.54) is 12.1 Å². The Morgan fingerprint density at radius 1 is 1.40 bits per heavy atom. The fourth-order valence-electron chi connectivity index (χ4n) is 1.99. The highest BCUT2D eigenvalue weighted by atomic mass is 19.1. The number of carbonyl (C=O) groups excluding carboxylic acids is 1. The van der Waals surface area contributed by atoms with Crippen molar-refractivity contribution in [3.63, 3.8) is 0 Å². The summed E-state index contributed by atoms with van der Waals surface area (Å²) in [5.74, 6) is 0.799. The Hall–Kier alpha value is -2.37. The minimum absolute atomic E-state index is 0.271. The van der Waals surface area contributed by atoms with Crippen LogP contribution in [-0.2, 0) is 6.54 Å². The number of nitrogens with one attached hydrogen (secondary N) is 3. The third kappa shape index (κ3) is 3.14. The lowest BCUT2D eigenvalue weighted by Gasteiger charge is -2.05. The van der Waals surface area contributed by atoms with Crippen LogP contribution in [0.4, 0.5) is 15.0 Å². The number of rotatable bonds is 4. The zero-order chi connectivity index (χ0) is 13.9. The topological polar surface area (TPSA) is 69.8 Å². The van der Waals surface area contributed by atoms with Gasteiger partial charge in [0.25, 0.3) is 0 Å². The van der Waals surface area contributed by atoms with Gasteiger partial charge in [0.2, 0.25) is 0 Å². The van der Waals surface area contributed by atoms with Crippen molar-refractivity contribution in [1.82, 2.24) is 15.5 Å². The number of aromatic nitrogens is 2. The fourth-order valence-corrected chi connectivity index (χ4v) is 1.99. The van der Waals surface area contributed by atoms with Gasteiger partial charge in [-0.1, -0.05) is 12.1 Å². The summed E-state index contributed by atoms with van der Waals surface area (Å²) in [6.45, 7) is 0.271. The van der Waals surface area contributed by atoms with Crippen molar-refractivity contribution in [2.75, 3.05) is 5.32 Å². The predicted molar refractivity (Wildman–Crippen MR) is 72.8 cm³/mol. The molecule has 0 atom stereocenters. The Balaban J connectivity index is 1.51. The maximum Gasteiger partial charge on any atom is 0.320 e. The van der Waals surface area contributed by atoms with E-state index in [9.17, 15) is 9.18 Å². The van der Waals surface area contributed by atoms with Crippen LogP contribution in [0.15, 0.2) is 30.3 Å². The lowest BCUT2D eigenvalue weighted by molar-refractivity contribution is 0.251. The van der Waals surface area contributed by atoms with Crippen LogP contribution in [0.2, 0.25) is 0 Å². The molecule has 0 radical (unpaired) electrons. The monoisotopic (exact) mass is 274 g/mol. The normalized spacial score (nSPS) is 14.1. The van der Waals surface area contributed by atoms with E-state index in [4.69, 9.17) is 0 Å². The molecule has 5 nitrogen and oxygen atoms in total. The molecule has 20 heavy (non-hydrogen) atoms. The number of carbonyl (C=O) groups is 1. The molecule has 104 valence electrons. The van der Waals surface area contributed by atoms with Crippen molar-refractivity contribution >= 4 is 11.8 Å². The third-order valence-electron chi connectivity index (χ3n) is 3.18. The molecule has 1 saturated carbocycles. The molecule has 1 heterocycles. The predicted octanol–water partition coefficient (Wildman–Crippen LogP) is 2.75.